The molecule has 1 aromatic heterocycles. The molecule has 0 radical (unpaired) electrons. The molecule has 0 aromatic carbocycles. The minimum Gasteiger partial charge on any atom is -0.383 e. The van der Waals surface area contributed by atoms with E-state index in [1.807, 2.05) is 11.3 Å². The standard InChI is InChI=1S/C11H19NOS/c1-10-8-11(9-14-10)4-3-5-12-6-7-13-2/h8-9,12H,3-7H2,1-2H3. The summed E-state index contributed by atoms with van der Waals surface area (Å²) in [6, 6.07) is 2.28. The van der Waals surface area contributed by atoms with Crippen LogP contribution in [-0.2, 0) is 11.2 Å². The Morgan fingerprint density at radius 1 is 1.43 bits per heavy atom. The van der Waals surface area contributed by atoms with E-state index in [4.69, 9.17) is 4.74 Å². The van der Waals surface area contributed by atoms with Gasteiger partial charge in [-0.05, 0) is 43.3 Å². The number of methoxy groups -OCH3 is 1. The van der Waals surface area contributed by atoms with Crippen molar-refractivity contribution in [2.24, 2.45) is 0 Å². The van der Waals surface area contributed by atoms with Gasteiger partial charge >= 0.3 is 0 Å². The summed E-state index contributed by atoms with van der Waals surface area (Å²) < 4.78 is 4.95. The van der Waals surface area contributed by atoms with Crippen LogP contribution >= 0.6 is 11.3 Å². The highest BCUT2D eigenvalue weighted by Crippen LogP contribution is 2.14. The Morgan fingerprint density at radius 2 is 2.29 bits per heavy atom. The van der Waals surface area contributed by atoms with Gasteiger partial charge in [-0.3, -0.25) is 0 Å². The Labute approximate surface area is 90.3 Å². The van der Waals surface area contributed by atoms with E-state index >= 15 is 0 Å². The molecule has 2 nitrogen and oxygen atoms in total. The maximum absolute atomic E-state index is 4.95. The van der Waals surface area contributed by atoms with Gasteiger partial charge in [0.15, 0.2) is 0 Å². The first-order chi connectivity index (χ1) is 6.83. The summed E-state index contributed by atoms with van der Waals surface area (Å²) in [5.41, 5.74) is 1.47. The van der Waals surface area contributed by atoms with Gasteiger partial charge in [0.05, 0.1) is 6.61 Å². The molecule has 0 unspecified atom stereocenters. The molecule has 1 heterocycles. The third-order valence-corrected chi connectivity index (χ3v) is 3.00. The molecule has 14 heavy (non-hydrogen) atoms. The third kappa shape index (κ3) is 4.74. The van der Waals surface area contributed by atoms with E-state index in [1.165, 1.54) is 23.3 Å². The fraction of sp³-hybridized carbons (Fsp3) is 0.636. The highest BCUT2D eigenvalue weighted by molar-refractivity contribution is 7.10. The Balaban J connectivity index is 1.99. The lowest BCUT2D eigenvalue weighted by atomic mass is 10.2. The van der Waals surface area contributed by atoms with Crippen molar-refractivity contribution in [3.63, 3.8) is 0 Å². The molecular formula is C11H19NOS. The van der Waals surface area contributed by atoms with Crippen LogP contribution in [0.15, 0.2) is 11.4 Å². The van der Waals surface area contributed by atoms with Gasteiger partial charge in [-0.25, -0.2) is 0 Å². The fourth-order valence-electron chi connectivity index (χ4n) is 1.35. The molecule has 0 fully saturated rings. The normalized spacial score (nSPS) is 10.7. The van der Waals surface area contributed by atoms with Crippen LogP contribution in [0.1, 0.15) is 16.9 Å². The molecule has 3 heteroatoms. The molecule has 0 atom stereocenters. The smallest absolute Gasteiger partial charge is 0.0587 e. The van der Waals surface area contributed by atoms with Crippen molar-refractivity contribution in [3.05, 3.63) is 21.9 Å². The summed E-state index contributed by atoms with van der Waals surface area (Å²) in [6.07, 6.45) is 2.39. The summed E-state index contributed by atoms with van der Waals surface area (Å²) >= 11 is 1.84. The molecule has 1 aromatic rings. The van der Waals surface area contributed by atoms with E-state index in [-0.39, 0.29) is 0 Å². The minimum absolute atomic E-state index is 0.803. The number of thiophene rings is 1. The lowest BCUT2D eigenvalue weighted by molar-refractivity contribution is 0.199. The van der Waals surface area contributed by atoms with Crippen molar-refractivity contribution in [1.82, 2.24) is 5.32 Å². The zero-order valence-corrected chi connectivity index (χ0v) is 9.82. The number of aryl methyl sites for hydroxylation is 2. The van der Waals surface area contributed by atoms with Gasteiger partial charge in [0, 0.05) is 18.5 Å². The van der Waals surface area contributed by atoms with E-state index in [0.29, 0.717) is 0 Å². The van der Waals surface area contributed by atoms with Crippen molar-refractivity contribution in [2.75, 3.05) is 26.8 Å². The monoisotopic (exact) mass is 213 g/mol. The second-order valence-corrected chi connectivity index (χ2v) is 4.53. The van der Waals surface area contributed by atoms with E-state index < -0.39 is 0 Å². The van der Waals surface area contributed by atoms with Gasteiger partial charge < -0.3 is 10.1 Å². The molecule has 0 spiro atoms. The predicted molar refractivity (Wildman–Crippen MR) is 62.1 cm³/mol. The molecule has 80 valence electrons. The number of hydrogen-bond acceptors (Lipinski definition) is 3. The van der Waals surface area contributed by atoms with Gasteiger partial charge in [-0.1, -0.05) is 0 Å². The van der Waals surface area contributed by atoms with Crippen LogP contribution < -0.4 is 5.32 Å². The molecule has 0 aliphatic rings. The zero-order chi connectivity index (χ0) is 10.2. The van der Waals surface area contributed by atoms with Gasteiger partial charge in [0.1, 0.15) is 0 Å². The second-order valence-electron chi connectivity index (χ2n) is 3.41. The van der Waals surface area contributed by atoms with Gasteiger partial charge in [-0.15, -0.1) is 11.3 Å². The summed E-state index contributed by atoms with van der Waals surface area (Å²) in [4.78, 5) is 1.41. The molecule has 0 saturated heterocycles. The largest absolute Gasteiger partial charge is 0.383 e. The maximum Gasteiger partial charge on any atom is 0.0587 e. The van der Waals surface area contributed by atoms with Crippen molar-refractivity contribution in [2.45, 2.75) is 19.8 Å². The number of hydrogen-bond donors (Lipinski definition) is 1. The van der Waals surface area contributed by atoms with Crippen LogP contribution in [0.5, 0.6) is 0 Å². The van der Waals surface area contributed by atoms with Crippen LogP contribution in [-0.4, -0.2) is 26.8 Å². The lowest BCUT2D eigenvalue weighted by Gasteiger charge is -2.02. The van der Waals surface area contributed by atoms with Crippen molar-refractivity contribution in [1.29, 1.82) is 0 Å². The van der Waals surface area contributed by atoms with E-state index in [2.05, 4.69) is 23.7 Å². The van der Waals surface area contributed by atoms with E-state index in [0.717, 1.165) is 19.7 Å². The zero-order valence-electron chi connectivity index (χ0n) is 9.01. The quantitative estimate of drug-likeness (QED) is 0.701. The highest BCUT2D eigenvalue weighted by Gasteiger charge is 1.95. The van der Waals surface area contributed by atoms with Gasteiger partial charge in [-0.2, -0.15) is 0 Å². The second kappa shape index (κ2) is 6.98. The summed E-state index contributed by atoms with van der Waals surface area (Å²) in [7, 11) is 1.73. The number of nitrogens with one attached hydrogen (secondary N) is 1. The Hall–Kier alpha value is -0.380. The fourth-order valence-corrected chi connectivity index (χ4v) is 2.09. The first-order valence-corrected chi connectivity index (χ1v) is 5.94. The van der Waals surface area contributed by atoms with Crippen LogP contribution in [0, 0.1) is 6.92 Å². The third-order valence-electron chi connectivity index (χ3n) is 2.09. The van der Waals surface area contributed by atoms with Crippen LogP contribution in [0.25, 0.3) is 0 Å². The molecule has 0 aliphatic heterocycles. The van der Waals surface area contributed by atoms with E-state index in [9.17, 15) is 0 Å². The summed E-state index contributed by atoms with van der Waals surface area (Å²) in [6.45, 7) is 5.00. The number of ether oxygens (including phenoxy) is 1. The van der Waals surface area contributed by atoms with Crippen molar-refractivity contribution >= 4 is 11.3 Å². The Morgan fingerprint density at radius 3 is 2.93 bits per heavy atom. The molecule has 0 bridgehead atoms. The first-order valence-electron chi connectivity index (χ1n) is 5.06. The minimum atomic E-state index is 0.803. The SMILES string of the molecule is COCCNCCCc1csc(C)c1. The summed E-state index contributed by atoms with van der Waals surface area (Å²) in [5.74, 6) is 0. The topological polar surface area (TPSA) is 21.3 Å². The van der Waals surface area contributed by atoms with Crippen LogP contribution in [0.3, 0.4) is 0 Å². The summed E-state index contributed by atoms with van der Waals surface area (Å²) in [5, 5.41) is 5.60. The van der Waals surface area contributed by atoms with Crippen molar-refractivity contribution in [3.8, 4) is 0 Å². The van der Waals surface area contributed by atoms with Gasteiger partial charge in [0.25, 0.3) is 0 Å². The van der Waals surface area contributed by atoms with Crippen LogP contribution in [0.4, 0.5) is 0 Å². The number of rotatable bonds is 7. The Bertz CT molecular complexity index is 247. The highest BCUT2D eigenvalue weighted by atomic mass is 32.1. The van der Waals surface area contributed by atoms with Crippen LogP contribution in [0.2, 0.25) is 0 Å². The Kier molecular flexibility index (Phi) is 5.83. The molecule has 0 saturated carbocycles. The average molecular weight is 213 g/mol. The molecule has 0 aliphatic carbocycles. The van der Waals surface area contributed by atoms with Gasteiger partial charge in [0.2, 0.25) is 0 Å². The predicted octanol–water partition coefficient (Wildman–Crippen LogP) is 2.23. The molecule has 1 rings (SSSR count). The lowest BCUT2D eigenvalue weighted by Crippen LogP contribution is -2.20. The van der Waals surface area contributed by atoms with E-state index in [1.54, 1.807) is 7.11 Å². The molecular weight excluding hydrogens is 194 g/mol. The maximum atomic E-state index is 4.95. The molecule has 0 amide bonds. The average Bonchev–Trinajstić information content (AvgIpc) is 2.58. The van der Waals surface area contributed by atoms with Crippen molar-refractivity contribution < 1.29 is 4.74 Å². The first kappa shape index (κ1) is 11.7. The molecule has 1 N–H and O–H groups in total.